The minimum Gasteiger partial charge on any atom is -0.483 e. The van der Waals surface area contributed by atoms with Crippen LogP contribution in [0.3, 0.4) is 0 Å². The molecule has 0 saturated heterocycles. The van der Waals surface area contributed by atoms with Crippen LogP contribution in [0, 0.1) is 0 Å². The third-order valence-corrected chi connectivity index (χ3v) is 3.63. The minimum absolute atomic E-state index is 0.168. The minimum atomic E-state index is -0.425. The fourth-order valence-electron chi connectivity index (χ4n) is 2.34. The molecule has 5 nitrogen and oxygen atoms in total. The highest BCUT2D eigenvalue weighted by Gasteiger charge is 2.31. The molecule has 0 atom stereocenters. The molecule has 0 unspecified atom stereocenters. The van der Waals surface area contributed by atoms with Crippen molar-refractivity contribution < 1.29 is 19.4 Å². The fourth-order valence-corrected chi connectivity index (χ4v) is 2.34. The Hall–Kier alpha value is -2.04. The molecule has 0 bridgehead atoms. The van der Waals surface area contributed by atoms with E-state index in [-0.39, 0.29) is 12.6 Å². The first-order chi connectivity index (χ1) is 10.9. The predicted molar refractivity (Wildman–Crippen MR) is 89.4 cm³/mol. The summed E-state index contributed by atoms with van der Waals surface area (Å²) in [5.74, 6) is 0. The lowest BCUT2D eigenvalue weighted by Crippen LogP contribution is -2.47. The van der Waals surface area contributed by atoms with Crippen molar-refractivity contribution in [2.45, 2.75) is 58.1 Å². The molecule has 1 saturated carbocycles. The van der Waals surface area contributed by atoms with Gasteiger partial charge < -0.3 is 14.7 Å². The summed E-state index contributed by atoms with van der Waals surface area (Å²) in [6.07, 6.45) is 4.15. The van der Waals surface area contributed by atoms with Crippen molar-refractivity contribution in [1.29, 1.82) is 0 Å². The quantitative estimate of drug-likeness (QED) is 0.858. The van der Waals surface area contributed by atoms with Crippen molar-refractivity contribution in [1.82, 2.24) is 4.90 Å². The number of amides is 1. The topological polar surface area (TPSA) is 66.8 Å². The third-order valence-electron chi connectivity index (χ3n) is 3.63. The summed E-state index contributed by atoms with van der Waals surface area (Å²) in [5, 5.41) is 6.89. The zero-order chi connectivity index (χ0) is 17.3. The SMILES string of the molecule is CC(C)(C)OC(=O)N(CCc1ccccc1)C1CCC1.O=CO. The average molecular weight is 321 g/mol. The number of benzene rings is 1. The van der Waals surface area contributed by atoms with Gasteiger partial charge in [-0.3, -0.25) is 4.79 Å². The molecule has 1 aliphatic rings. The summed E-state index contributed by atoms with van der Waals surface area (Å²) in [4.78, 5) is 22.6. The summed E-state index contributed by atoms with van der Waals surface area (Å²) >= 11 is 0. The number of rotatable bonds is 4. The van der Waals surface area contributed by atoms with Crippen LogP contribution in [0.4, 0.5) is 4.79 Å². The van der Waals surface area contributed by atoms with E-state index in [0.29, 0.717) is 6.04 Å². The third kappa shape index (κ3) is 7.17. The Labute approximate surface area is 138 Å². The zero-order valence-corrected chi connectivity index (χ0v) is 14.2. The van der Waals surface area contributed by atoms with Crippen LogP contribution < -0.4 is 0 Å². The van der Waals surface area contributed by atoms with Crippen molar-refractivity contribution in [3.63, 3.8) is 0 Å². The Bertz CT molecular complexity index is 478. The number of hydrogen-bond acceptors (Lipinski definition) is 3. The maximum Gasteiger partial charge on any atom is 0.410 e. The molecule has 1 aromatic rings. The number of ether oxygens (including phenoxy) is 1. The van der Waals surface area contributed by atoms with Crippen LogP contribution in [0.15, 0.2) is 30.3 Å². The first-order valence-corrected chi connectivity index (χ1v) is 7.99. The van der Waals surface area contributed by atoms with Gasteiger partial charge in [-0.2, -0.15) is 0 Å². The largest absolute Gasteiger partial charge is 0.483 e. The van der Waals surface area contributed by atoms with Crippen LogP contribution in [0.25, 0.3) is 0 Å². The van der Waals surface area contributed by atoms with Gasteiger partial charge in [-0.1, -0.05) is 30.3 Å². The molecule has 1 aromatic carbocycles. The van der Waals surface area contributed by atoms with Gasteiger partial charge in [0.1, 0.15) is 5.60 Å². The van der Waals surface area contributed by atoms with Crippen molar-refractivity contribution in [2.24, 2.45) is 0 Å². The maximum atomic E-state index is 12.3. The predicted octanol–water partition coefficient (Wildman–Crippen LogP) is 3.72. The first kappa shape index (κ1) is 19.0. The Balaban J connectivity index is 0.000000816. The van der Waals surface area contributed by atoms with Gasteiger partial charge in [-0.05, 0) is 52.0 Å². The van der Waals surface area contributed by atoms with Crippen LogP contribution in [-0.4, -0.2) is 40.8 Å². The van der Waals surface area contributed by atoms with E-state index in [4.69, 9.17) is 14.6 Å². The molecule has 23 heavy (non-hydrogen) atoms. The molecule has 0 heterocycles. The molecule has 5 heteroatoms. The highest BCUT2D eigenvalue weighted by Crippen LogP contribution is 2.26. The van der Waals surface area contributed by atoms with Crippen LogP contribution in [0.2, 0.25) is 0 Å². The van der Waals surface area contributed by atoms with Gasteiger partial charge in [-0.15, -0.1) is 0 Å². The molecule has 1 N–H and O–H groups in total. The fraction of sp³-hybridized carbons (Fsp3) is 0.556. The smallest absolute Gasteiger partial charge is 0.410 e. The van der Waals surface area contributed by atoms with E-state index in [1.165, 1.54) is 12.0 Å². The Morgan fingerprint density at radius 2 is 1.87 bits per heavy atom. The Morgan fingerprint density at radius 1 is 1.30 bits per heavy atom. The number of carbonyl (C=O) groups excluding carboxylic acids is 1. The summed E-state index contributed by atoms with van der Waals surface area (Å²) in [7, 11) is 0. The van der Waals surface area contributed by atoms with Gasteiger partial charge in [-0.25, -0.2) is 4.79 Å². The van der Waals surface area contributed by atoms with E-state index in [1.54, 1.807) is 0 Å². The Morgan fingerprint density at radius 3 is 2.30 bits per heavy atom. The van der Waals surface area contributed by atoms with Crippen molar-refractivity contribution in [3.05, 3.63) is 35.9 Å². The molecule has 1 aliphatic carbocycles. The maximum absolute atomic E-state index is 12.3. The lowest BCUT2D eigenvalue weighted by molar-refractivity contribution is -0.122. The van der Waals surface area contributed by atoms with E-state index in [2.05, 4.69) is 12.1 Å². The number of hydrogen-bond donors (Lipinski definition) is 1. The molecule has 2 rings (SSSR count). The van der Waals surface area contributed by atoms with Gasteiger partial charge in [0.15, 0.2) is 0 Å². The van der Waals surface area contributed by atoms with E-state index >= 15 is 0 Å². The van der Waals surface area contributed by atoms with E-state index in [1.807, 2.05) is 43.9 Å². The summed E-state index contributed by atoms with van der Waals surface area (Å²) < 4.78 is 5.53. The van der Waals surface area contributed by atoms with Crippen LogP contribution in [-0.2, 0) is 16.0 Å². The standard InChI is InChI=1S/C17H25NO2.CH2O2/c1-17(2,3)20-16(19)18(15-10-7-11-15)13-12-14-8-5-4-6-9-14;2-1-3/h4-6,8-9,15H,7,10-13H2,1-3H3;1H,(H,2,3). The molecular formula is C18H27NO4. The van der Waals surface area contributed by atoms with Gasteiger partial charge >= 0.3 is 6.09 Å². The monoisotopic (exact) mass is 321 g/mol. The second-order valence-corrected chi connectivity index (χ2v) is 6.60. The lowest BCUT2D eigenvalue weighted by atomic mass is 9.91. The molecule has 0 aromatic heterocycles. The molecule has 128 valence electrons. The van der Waals surface area contributed by atoms with E-state index < -0.39 is 5.60 Å². The van der Waals surface area contributed by atoms with Gasteiger partial charge in [0.05, 0.1) is 0 Å². The van der Waals surface area contributed by atoms with Crippen molar-refractivity contribution in [2.75, 3.05) is 6.54 Å². The Kier molecular flexibility index (Phi) is 7.59. The van der Waals surface area contributed by atoms with E-state index in [0.717, 1.165) is 25.8 Å². The van der Waals surface area contributed by atoms with Crippen LogP contribution in [0.5, 0.6) is 0 Å². The van der Waals surface area contributed by atoms with Crippen LogP contribution >= 0.6 is 0 Å². The molecule has 1 amide bonds. The van der Waals surface area contributed by atoms with Crippen LogP contribution in [0.1, 0.15) is 45.6 Å². The summed E-state index contributed by atoms with van der Waals surface area (Å²) in [5.41, 5.74) is 0.839. The zero-order valence-electron chi connectivity index (χ0n) is 14.2. The van der Waals surface area contributed by atoms with Gasteiger partial charge in [0.2, 0.25) is 0 Å². The lowest BCUT2D eigenvalue weighted by Gasteiger charge is -2.38. The summed E-state index contributed by atoms with van der Waals surface area (Å²) in [6, 6.07) is 10.7. The molecular weight excluding hydrogens is 294 g/mol. The normalized spacial score (nSPS) is 14.0. The number of carbonyl (C=O) groups is 2. The van der Waals surface area contributed by atoms with Gasteiger partial charge in [0.25, 0.3) is 6.47 Å². The number of carboxylic acid groups (broad SMARTS) is 1. The van der Waals surface area contributed by atoms with Crippen molar-refractivity contribution in [3.8, 4) is 0 Å². The van der Waals surface area contributed by atoms with Crippen molar-refractivity contribution >= 4 is 12.6 Å². The average Bonchev–Trinajstić information content (AvgIpc) is 2.41. The number of nitrogens with zero attached hydrogens (tertiary/aromatic N) is 1. The van der Waals surface area contributed by atoms with Gasteiger partial charge in [0, 0.05) is 12.6 Å². The summed E-state index contributed by atoms with van der Waals surface area (Å²) in [6.45, 7) is 6.24. The molecule has 0 spiro atoms. The second-order valence-electron chi connectivity index (χ2n) is 6.60. The van der Waals surface area contributed by atoms with E-state index in [9.17, 15) is 4.79 Å². The molecule has 0 aliphatic heterocycles. The highest BCUT2D eigenvalue weighted by atomic mass is 16.6. The first-order valence-electron chi connectivity index (χ1n) is 7.99. The molecule has 0 radical (unpaired) electrons. The molecule has 1 fully saturated rings. The highest BCUT2D eigenvalue weighted by molar-refractivity contribution is 5.68. The second kappa shape index (κ2) is 9.18.